The molecule has 2 aliphatic carbocycles. The second kappa shape index (κ2) is 16.9. The van der Waals surface area contributed by atoms with Gasteiger partial charge in [-0.3, -0.25) is 10.6 Å². The Morgan fingerprint density at radius 1 is 0.523 bits per heavy atom. The van der Waals surface area contributed by atoms with Crippen LogP contribution in [0.5, 0.6) is 0 Å². The van der Waals surface area contributed by atoms with Gasteiger partial charge in [-0.15, -0.1) is 0 Å². The number of fused-ring (bicyclic) bond motifs is 3. The molecule has 7 aromatic carbocycles. The average Bonchev–Trinajstić information content (AvgIpc) is 3.75. The van der Waals surface area contributed by atoms with Gasteiger partial charge in [-0.2, -0.15) is 0 Å². The summed E-state index contributed by atoms with van der Waals surface area (Å²) in [6, 6.07) is 63.0. The highest BCUT2D eigenvalue weighted by atomic mass is 16.3. The Labute approximate surface area is 380 Å². The van der Waals surface area contributed by atoms with Crippen LogP contribution in [0.1, 0.15) is 53.6 Å². The first kappa shape index (κ1) is 39.1. The van der Waals surface area contributed by atoms with Crippen molar-refractivity contribution < 1.29 is 4.42 Å². The number of nitrogens with one attached hydrogen (secondary N) is 3. The van der Waals surface area contributed by atoms with Gasteiger partial charge >= 0.3 is 0 Å². The molecule has 1 aromatic heterocycles. The summed E-state index contributed by atoms with van der Waals surface area (Å²) in [6.45, 7) is 0. The van der Waals surface area contributed by atoms with Gasteiger partial charge in [-0.25, -0.2) is 4.99 Å². The van der Waals surface area contributed by atoms with Crippen LogP contribution in [0.25, 0.3) is 44.2 Å². The number of furan rings is 1. The third kappa shape index (κ3) is 7.61. The van der Waals surface area contributed by atoms with E-state index in [1.54, 1.807) is 0 Å². The average molecular weight is 844 g/mol. The smallest absolute Gasteiger partial charge is 0.135 e. The molecule has 0 bridgehead atoms. The summed E-state index contributed by atoms with van der Waals surface area (Å²) in [5.41, 5.74) is 13.5. The lowest BCUT2D eigenvalue weighted by atomic mass is 9.84. The van der Waals surface area contributed by atoms with E-state index < -0.39 is 0 Å². The zero-order valence-electron chi connectivity index (χ0n) is 36.0. The maximum absolute atomic E-state index is 6.32. The van der Waals surface area contributed by atoms with Crippen molar-refractivity contribution in [2.75, 3.05) is 4.90 Å². The third-order valence-corrected chi connectivity index (χ3v) is 13.5. The van der Waals surface area contributed by atoms with Gasteiger partial charge in [0.25, 0.3) is 0 Å². The fourth-order valence-corrected chi connectivity index (χ4v) is 10.1. The Hall–Kier alpha value is -7.51. The first-order valence-electron chi connectivity index (χ1n) is 22.9. The van der Waals surface area contributed by atoms with Crippen molar-refractivity contribution in [2.24, 2.45) is 16.8 Å². The summed E-state index contributed by atoms with van der Waals surface area (Å²) in [5, 5.41) is 14.1. The quantitative estimate of drug-likeness (QED) is 0.135. The second-order valence-corrected chi connectivity index (χ2v) is 17.6. The minimum absolute atomic E-state index is 0.0524. The van der Waals surface area contributed by atoms with Crippen molar-refractivity contribution in [3.63, 3.8) is 0 Å². The Bertz CT molecular complexity index is 3180. The topological polar surface area (TPSA) is 64.8 Å². The maximum atomic E-state index is 6.32. The van der Waals surface area contributed by atoms with Crippen molar-refractivity contribution in [1.29, 1.82) is 0 Å². The van der Waals surface area contributed by atoms with Crippen LogP contribution >= 0.6 is 0 Å². The normalized spacial score (nSPS) is 22.6. The Morgan fingerprint density at radius 3 is 2.06 bits per heavy atom. The van der Waals surface area contributed by atoms with Gasteiger partial charge in [0.1, 0.15) is 35.5 Å². The van der Waals surface area contributed by atoms with Crippen LogP contribution in [-0.4, -0.2) is 12.0 Å². The summed E-state index contributed by atoms with van der Waals surface area (Å²) < 4.78 is 6.32. The molecule has 1 fully saturated rings. The molecule has 0 amide bonds. The van der Waals surface area contributed by atoms with Gasteiger partial charge in [0.2, 0.25) is 0 Å². The van der Waals surface area contributed by atoms with E-state index in [0.29, 0.717) is 5.92 Å². The number of nitrogens with zero attached hydrogens (tertiary/aromatic N) is 2. The first-order chi connectivity index (χ1) is 32.2. The molecule has 6 atom stereocenters. The number of hydrogen-bond acceptors (Lipinski definition) is 6. The molecule has 6 heteroatoms. The highest BCUT2D eigenvalue weighted by Gasteiger charge is 2.41. The fraction of sp³-hybridized carbons (Fsp3) is 0.136. The molecule has 4 aliphatic rings. The van der Waals surface area contributed by atoms with Crippen LogP contribution in [0.15, 0.2) is 233 Å². The number of aliphatic imine (C=N–C) groups is 1. The second-order valence-electron chi connectivity index (χ2n) is 17.6. The fourth-order valence-electron chi connectivity index (χ4n) is 10.1. The van der Waals surface area contributed by atoms with E-state index in [-0.39, 0.29) is 30.6 Å². The molecule has 8 aromatic rings. The van der Waals surface area contributed by atoms with E-state index in [1.165, 1.54) is 27.8 Å². The lowest BCUT2D eigenvalue weighted by Gasteiger charge is -2.52. The molecule has 316 valence electrons. The Morgan fingerprint density at radius 2 is 1.23 bits per heavy atom. The first-order valence-corrected chi connectivity index (χ1v) is 22.9. The van der Waals surface area contributed by atoms with Crippen molar-refractivity contribution in [3.05, 3.63) is 246 Å². The summed E-state index contributed by atoms with van der Waals surface area (Å²) in [7, 11) is 0. The molecule has 6 unspecified atom stereocenters. The summed E-state index contributed by atoms with van der Waals surface area (Å²) in [6.07, 6.45) is 17.5. The van der Waals surface area contributed by atoms with Crippen LogP contribution in [0, 0.1) is 11.8 Å². The van der Waals surface area contributed by atoms with Crippen LogP contribution in [0.2, 0.25) is 0 Å². The van der Waals surface area contributed by atoms with Gasteiger partial charge in [0, 0.05) is 33.9 Å². The van der Waals surface area contributed by atoms with Crippen LogP contribution in [0.4, 0.5) is 5.69 Å². The maximum Gasteiger partial charge on any atom is 0.135 e. The molecule has 1 saturated heterocycles. The number of anilines is 1. The van der Waals surface area contributed by atoms with Gasteiger partial charge in [-0.05, 0) is 99.8 Å². The van der Waals surface area contributed by atoms with Crippen molar-refractivity contribution in [2.45, 2.75) is 37.5 Å². The molecule has 3 heterocycles. The monoisotopic (exact) mass is 843 g/mol. The molecular weight excluding hydrogens is 795 g/mol. The zero-order valence-corrected chi connectivity index (χ0v) is 36.0. The minimum atomic E-state index is -0.335. The lowest BCUT2D eigenvalue weighted by Crippen LogP contribution is -2.58. The van der Waals surface area contributed by atoms with E-state index in [0.717, 1.165) is 68.6 Å². The number of allylic oxidation sites excluding steroid dienone is 7. The van der Waals surface area contributed by atoms with Crippen LogP contribution < -0.4 is 20.9 Å². The Balaban J connectivity index is 1.01. The minimum Gasteiger partial charge on any atom is -0.456 e. The number of para-hydroxylation sites is 1. The SMILES string of the molecule is C1=CCC(C2=CC(C3NC(c4ccccc4)=NC(c4cc(-c5ccc6oc7ccccc7c6c5)cc(N5C(c6ccccc6)NC5c5cccc(-c6ccccc6)c5)c4)N3)CC=C2)C=C1. The van der Waals surface area contributed by atoms with E-state index in [2.05, 4.69) is 227 Å². The molecule has 6 nitrogen and oxygen atoms in total. The van der Waals surface area contributed by atoms with Crippen molar-refractivity contribution in [1.82, 2.24) is 16.0 Å². The van der Waals surface area contributed by atoms with E-state index in [4.69, 9.17) is 9.41 Å². The standard InChI is InChI=1S/C59H49N5O/c1-5-17-39(18-6-1)43-25-15-27-46(33-43)56-60-55(41-21-9-3-10-22-41)61-57(62-56)49-35-48(45-31-32-54-52(38-45)51-29-13-14-30-53(51)65-54)36-50(37-49)64-58(42-23-11-4-12-24-42)63-59(64)47-28-16-26-44(34-47)40-19-7-2-8-20-40/h1-17,19-26,28-39,46,56-59,62-63H,18,27H2,(H,60,61). The molecule has 3 N–H and O–H groups in total. The molecule has 12 rings (SSSR count). The molecular formula is C59H49N5O. The summed E-state index contributed by atoms with van der Waals surface area (Å²) in [4.78, 5) is 8.07. The van der Waals surface area contributed by atoms with Crippen LogP contribution in [-0.2, 0) is 0 Å². The van der Waals surface area contributed by atoms with Crippen LogP contribution in [0.3, 0.4) is 0 Å². The highest BCUT2D eigenvalue weighted by molar-refractivity contribution is 6.06. The third-order valence-electron chi connectivity index (χ3n) is 13.5. The van der Waals surface area contributed by atoms with Gasteiger partial charge in [-0.1, -0.05) is 176 Å². The van der Waals surface area contributed by atoms with Crippen molar-refractivity contribution in [3.8, 4) is 22.3 Å². The largest absolute Gasteiger partial charge is 0.456 e. The van der Waals surface area contributed by atoms with E-state index >= 15 is 0 Å². The molecule has 0 saturated carbocycles. The van der Waals surface area contributed by atoms with Gasteiger partial charge in [0.05, 0.1) is 6.17 Å². The number of hydrogen-bond donors (Lipinski definition) is 3. The predicted octanol–water partition coefficient (Wildman–Crippen LogP) is 13.3. The zero-order chi connectivity index (χ0) is 43.1. The lowest BCUT2D eigenvalue weighted by molar-refractivity contribution is 0.276. The summed E-state index contributed by atoms with van der Waals surface area (Å²) >= 11 is 0. The van der Waals surface area contributed by atoms with Gasteiger partial charge in [0.15, 0.2) is 0 Å². The summed E-state index contributed by atoms with van der Waals surface area (Å²) in [5.74, 6) is 1.49. The molecule has 2 aliphatic heterocycles. The molecule has 0 radical (unpaired) electrons. The van der Waals surface area contributed by atoms with E-state index in [1.807, 2.05) is 12.1 Å². The highest BCUT2D eigenvalue weighted by Crippen LogP contribution is 2.46. The molecule has 65 heavy (non-hydrogen) atoms. The number of rotatable bonds is 9. The molecule has 0 spiro atoms. The van der Waals surface area contributed by atoms with E-state index in [9.17, 15) is 0 Å². The number of benzene rings is 7. The Kier molecular flexibility index (Phi) is 10.2. The van der Waals surface area contributed by atoms with Gasteiger partial charge < -0.3 is 14.6 Å². The predicted molar refractivity (Wildman–Crippen MR) is 266 cm³/mol. The van der Waals surface area contributed by atoms with Crippen molar-refractivity contribution >= 4 is 33.5 Å². The number of amidine groups is 1.